The first kappa shape index (κ1) is 17.5. The van der Waals surface area contributed by atoms with Crippen molar-refractivity contribution in [3.05, 3.63) is 59.7 Å². The predicted octanol–water partition coefficient (Wildman–Crippen LogP) is 4.04. The van der Waals surface area contributed by atoms with E-state index in [1.54, 1.807) is 0 Å². The molecule has 0 aliphatic heterocycles. The summed E-state index contributed by atoms with van der Waals surface area (Å²) in [6, 6.07) is 16.8. The van der Waals surface area contributed by atoms with Crippen LogP contribution < -0.4 is 11.1 Å². The lowest BCUT2D eigenvalue weighted by molar-refractivity contribution is 0.139. The van der Waals surface area contributed by atoms with Gasteiger partial charge in [-0.05, 0) is 48.6 Å². The van der Waals surface area contributed by atoms with Gasteiger partial charge in [-0.15, -0.1) is 0 Å². The molecule has 4 nitrogen and oxygen atoms in total. The Morgan fingerprint density at radius 2 is 1.68 bits per heavy atom. The van der Waals surface area contributed by atoms with E-state index in [9.17, 15) is 4.79 Å². The summed E-state index contributed by atoms with van der Waals surface area (Å²) in [7, 11) is 0. The number of benzene rings is 2. The van der Waals surface area contributed by atoms with E-state index >= 15 is 0 Å². The van der Waals surface area contributed by atoms with Gasteiger partial charge in [0.25, 0.3) is 0 Å². The molecule has 132 valence electrons. The molecule has 1 amide bonds. The SMILES string of the molecule is CC(CCCCN)NC(=O)OCC1c2ccccc2-c2ccccc21. The zero-order valence-corrected chi connectivity index (χ0v) is 14.7. The molecule has 25 heavy (non-hydrogen) atoms. The predicted molar refractivity (Wildman–Crippen MR) is 101 cm³/mol. The Hall–Kier alpha value is -2.33. The number of hydrogen-bond acceptors (Lipinski definition) is 3. The smallest absolute Gasteiger partial charge is 0.407 e. The summed E-state index contributed by atoms with van der Waals surface area (Å²) in [4.78, 5) is 12.1. The largest absolute Gasteiger partial charge is 0.449 e. The van der Waals surface area contributed by atoms with Gasteiger partial charge >= 0.3 is 6.09 Å². The molecule has 0 saturated heterocycles. The fourth-order valence-electron chi connectivity index (χ4n) is 3.51. The van der Waals surface area contributed by atoms with Crippen LogP contribution in [-0.4, -0.2) is 25.3 Å². The normalized spacial score (nSPS) is 13.8. The van der Waals surface area contributed by atoms with E-state index in [-0.39, 0.29) is 18.1 Å². The van der Waals surface area contributed by atoms with Crippen LogP contribution in [0.4, 0.5) is 4.79 Å². The van der Waals surface area contributed by atoms with Gasteiger partial charge in [-0.1, -0.05) is 55.0 Å². The highest BCUT2D eigenvalue weighted by atomic mass is 16.5. The first-order valence-corrected chi connectivity index (χ1v) is 9.02. The van der Waals surface area contributed by atoms with Crippen molar-refractivity contribution in [2.75, 3.05) is 13.2 Å². The Labute approximate surface area is 149 Å². The third kappa shape index (κ3) is 4.02. The number of alkyl carbamates (subject to hydrolysis) is 1. The molecule has 0 saturated carbocycles. The minimum atomic E-state index is -0.345. The van der Waals surface area contributed by atoms with E-state index in [4.69, 9.17) is 10.5 Å². The van der Waals surface area contributed by atoms with Gasteiger partial charge in [-0.2, -0.15) is 0 Å². The van der Waals surface area contributed by atoms with Gasteiger partial charge in [0.15, 0.2) is 0 Å². The van der Waals surface area contributed by atoms with Gasteiger partial charge in [0.1, 0.15) is 6.61 Å². The summed E-state index contributed by atoms with van der Waals surface area (Å²) >= 11 is 0. The number of nitrogens with two attached hydrogens (primary N) is 1. The Kier molecular flexibility index (Phi) is 5.71. The van der Waals surface area contributed by atoms with Gasteiger partial charge in [-0.25, -0.2) is 4.79 Å². The topological polar surface area (TPSA) is 64.3 Å². The van der Waals surface area contributed by atoms with Crippen molar-refractivity contribution in [3.8, 4) is 11.1 Å². The van der Waals surface area contributed by atoms with Gasteiger partial charge in [0.2, 0.25) is 0 Å². The second kappa shape index (κ2) is 8.17. The Morgan fingerprint density at radius 3 is 2.28 bits per heavy atom. The van der Waals surface area contributed by atoms with Crippen molar-refractivity contribution < 1.29 is 9.53 Å². The fraction of sp³-hybridized carbons (Fsp3) is 0.381. The number of hydrogen-bond donors (Lipinski definition) is 2. The highest BCUT2D eigenvalue weighted by molar-refractivity contribution is 5.79. The van der Waals surface area contributed by atoms with Crippen molar-refractivity contribution >= 4 is 6.09 Å². The molecule has 0 radical (unpaired) electrons. The Balaban J connectivity index is 1.61. The highest BCUT2D eigenvalue weighted by Crippen LogP contribution is 2.44. The first-order chi connectivity index (χ1) is 12.2. The highest BCUT2D eigenvalue weighted by Gasteiger charge is 2.29. The average Bonchev–Trinajstić information content (AvgIpc) is 2.94. The lowest BCUT2D eigenvalue weighted by Crippen LogP contribution is -2.33. The van der Waals surface area contributed by atoms with Gasteiger partial charge in [0, 0.05) is 12.0 Å². The second-order valence-electron chi connectivity index (χ2n) is 6.66. The Bertz CT molecular complexity index is 684. The number of carbonyl (C=O) groups excluding carboxylic acids is 1. The molecular weight excluding hydrogens is 312 g/mol. The van der Waals surface area contributed by atoms with Crippen molar-refractivity contribution in [1.82, 2.24) is 5.32 Å². The number of fused-ring (bicyclic) bond motifs is 3. The average molecular weight is 338 g/mol. The molecule has 2 aromatic carbocycles. The summed E-state index contributed by atoms with van der Waals surface area (Å²) in [5.41, 5.74) is 10.4. The van der Waals surface area contributed by atoms with Crippen molar-refractivity contribution in [1.29, 1.82) is 0 Å². The summed E-state index contributed by atoms with van der Waals surface area (Å²) in [6.45, 7) is 3.05. The molecule has 4 heteroatoms. The fourth-order valence-corrected chi connectivity index (χ4v) is 3.51. The van der Waals surface area contributed by atoms with E-state index < -0.39 is 0 Å². The molecule has 1 aliphatic carbocycles. The molecule has 0 bridgehead atoms. The molecule has 0 spiro atoms. The zero-order chi connectivity index (χ0) is 17.6. The molecule has 1 atom stereocenters. The number of carbonyl (C=O) groups is 1. The van der Waals surface area contributed by atoms with Crippen LogP contribution in [0.15, 0.2) is 48.5 Å². The van der Waals surface area contributed by atoms with Gasteiger partial charge < -0.3 is 15.8 Å². The van der Waals surface area contributed by atoms with Gasteiger partial charge in [0.05, 0.1) is 0 Å². The van der Waals surface area contributed by atoms with Crippen LogP contribution in [0.1, 0.15) is 43.2 Å². The van der Waals surface area contributed by atoms with E-state index in [0.29, 0.717) is 13.2 Å². The van der Waals surface area contributed by atoms with Crippen LogP contribution in [0, 0.1) is 0 Å². The molecule has 0 aromatic heterocycles. The van der Waals surface area contributed by atoms with Crippen molar-refractivity contribution in [3.63, 3.8) is 0 Å². The molecular formula is C21H26N2O2. The summed E-state index contributed by atoms with van der Waals surface area (Å²) in [6.07, 6.45) is 2.57. The van der Waals surface area contributed by atoms with Crippen LogP contribution in [0.5, 0.6) is 0 Å². The summed E-state index contributed by atoms with van der Waals surface area (Å²) in [5.74, 6) is 0.102. The number of unbranched alkanes of at least 4 members (excludes halogenated alkanes) is 1. The lowest BCUT2D eigenvalue weighted by Gasteiger charge is -2.17. The molecule has 1 unspecified atom stereocenters. The van der Waals surface area contributed by atoms with Gasteiger partial charge in [-0.3, -0.25) is 0 Å². The quantitative estimate of drug-likeness (QED) is 0.749. The maximum atomic E-state index is 12.1. The molecule has 0 fully saturated rings. The van der Waals surface area contributed by atoms with E-state index in [1.807, 2.05) is 19.1 Å². The minimum Gasteiger partial charge on any atom is -0.449 e. The Morgan fingerprint density at radius 1 is 1.08 bits per heavy atom. The number of ether oxygens (including phenoxy) is 1. The molecule has 3 rings (SSSR count). The molecule has 3 N–H and O–H groups in total. The first-order valence-electron chi connectivity index (χ1n) is 9.02. The van der Waals surface area contributed by atoms with E-state index in [0.717, 1.165) is 19.3 Å². The summed E-state index contributed by atoms with van der Waals surface area (Å²) < 4.78 is 5.54. The van der Waals surface area contributed by atoms with E-state index in [1.165, 1.54) is 22.3 Å². The number of rotatable bonds is 7. The third-order valence-electron chi connectivity index (χ3n) is 4.80. The van der Waals surface area contributed by atoms with Crippen LogP contribution >= 0.6 is 0 Å². The zero-order valence-electron chi connectivity index (χ0n) is 14.7. The molecule has 2 aromatic rings. The van der Waals surface area contributed by atoms with Crippen LogP contribution in [-0.2, 0) is 4.74 Å². The second-order valence-corrected chi connectivity index (χ2v) is 6.66. The number of nitrogens with one attached hydrogen (secondary N) is 1. The lowest BCUT2D eigenvalue weighted by atomic mass is 9.98. The monoisotopic (exact) mass is 338 g/mol. The van der Waals surface area contributed by atoms with E-state index in [2.05, 4.69) is 41.7 Å². The van der Waals surface area contributed by atoms with Crippen LogP contribution in [0.25, 0.3) is 11.1 Å². The minimum absolute atomic E-state index is 0.0993. The van der Waals surface area contributed by atoms with Crippen LogP contribution in [0.3, 0.4) is 0 Å². The maximum absolute atomic E-state index is 12.1. The third-order valence-corrected chi connectivity index (χ3v) is 4.80. The standard InChI is InChI=1S/C21H26N2O2/c1-15(8-6-7-13-22)23-21(24)25-14-20-18-11-4-2-9-16(18)17-10-3-5-12-19(17)20/h2-5,9-12,15,20H,6-8,13-14,22H2,1H3,(H,23,24). The van der Waals surface area contributed by atoms with Crippen molar-refractivity contribution in [2.24, 2.45) is 5.73 Å². The van der Waals surface area contributed by atoms with Crippen molar-refractivity contribution in [2.45, 2.75) is 38.1 Å². The maximum Gasteiger partial charge on any atom is 0.407 e. The van der Waals surface area contributed by atoms with Crippen LogP contribution in [0.2, 0.25) is 0 Å². The molecule has 0 heterocycles. The summed E-state index contributed by atoms with van der Waals surface area (Å²) in [5, 5.41) is 2.91. The number of amides is 1. The molecule has 1 aliphatic rings.